The van der Waals surface area contributed by atoms with Gasteiger partial charge >= 0.3 is 0 Å². The van der Waals surface area contributed by atoms with Crippen molar-refractivity contribution in [2.24, 2.45) is 0 Å². The Balaban J connectivity index is 0.000000199. The highest BCUT2D eigenvalue weighted by Crippen LogP contribution is 2.37. The highest BCUT2D eigenvalue weighted by atomic mass is 32.2. The van der Waals surface area contributed by atoms with Crippen molar-refractivity contribution in [3.05, 3.63) is 122 Å². The summed E-state index contributed by atoms with van der Waals surface area (Å²) in [6.07, 6.45) is 13.4. The fourth-order valence-corrected chi connectivity index (χ4v) is 10.7. The van der Waals surface area contributed by atoms with Gasteiger partial charge in [-0.05, 0) is 50.1 Å². The summed E-state index contributed by atoms with van der Waals surface area (Å²) in [7, 11) is -6.48. The van der Waals surface area contributed by atoms with Crippen LogP contribution in [0.15, 0.2) is 110 Å². The number of hydrogen-bond acceptors (Lipinski definition) is 12. The standard InChI is InChI=1S/C31H28FN7O3S.C14H16N6O2S/c1-3-43(41,42)37-18-31(19-37,12-13-33)39-17-24(16-36-39)28-26-11-14-38(29(26)35-20-34-28)30(40)21(2)23-9-10-25(27(32)15-23)22-7-5-4-6-8-22;1-2-23(21,22)19-7-11(8-19)20-6-10(5-18-20)13-12-3-4-15-14(12)17-9-16-13/h4-11,14-17,20-21H,3,12,18-19H2,1-2H3;3-6,9,11H,2,7-8H2,1H3,(H,15,16,17). The quantitative estimate of drug-likeness (QED) is 0.152. The molecule has 8 heterocycles. The SMILES string of the molecule is CCS(=O)(=O)N1CC(CC#N)(n2cc(-c3ncnc4c3ccn4C(=O)C(C)c3ccc(-c4ccccc4)c(F)c3)cn2)C1.CCS(=O)(=O)N1CC(n2cc(-c3ncnc4[nH]ccc34)cn2)C1. The van der Waals surface area contributed by atoms with Crippen LogP contribution in [0.1, 0.15) is 49.5 Å². The number of carbonyl (C=O) groups excluding carboxylic acids is 1. The molecule has 6 aromatic heterocycles. The summed E-state index contributed by atoms with van der Waals surface area (Å²) in [6.45, 7) is 6.24. The number of fused-ring (bicyclic) bond motifs is 2. The second-order valence-electron chi connectivity index (χ2n) is 16.3. The molecule has 18 nitrogen and oxygen atoms in total. The number of carbonyl (C=O) groups is 1. The van der Waals surface area contributed by atoms with E-state index in [-0.39, 0.29) is 43.0 Å². The maximum atomic E-state index is 15.1. The van der Waals surface area contributed by atoms with E-state index in [2.05, 4.69) is 41.2 Å². The molecule has 2 aliphatic heterocycles. The van der Waals surface area contributed by atoms with Gasteiger partial charge in [-0.25, -0.2) is 41.2 Å². The zero-order valence-corrected chi connectivity index (χ0v) is 37.7. The predicted molar refractivity (Wildman–Crippen MR) is 244 cm³/mol. The lowest BCUT2D eigenvalue weighted by Crippen LogP contribution is -2.64. The van der Waals surface area contributed by atoms with E-state index in [1.165, 1.54) is 31.9 Å². The van der Waals surface area contributed by atoms with Gasteiger partial charge in [0.2, 0.25) is 26.0 Å². The van der Waals surface area contributed by atoms with Crippen molar-refractivity contribution in [2.45, 2.75) is 44.7 Å². The molecule has 1 unspecified atom stereocenters. The van der Waals surface area contributed by atoms with Crippen LogP contribution in [0.5, 0.6) is 0 Å². The Kier molecular flexibility index (Phi) is 11.7. The Morgan fingerprint density at radius 2 is 1.53 bits per heavy atom. The molecule has 0 spiro atoms. The molecule has 1 atom stereocenters. The van der Waals surface area contributed by atoms with Crippen LogP contribution >= 0.6 is 0 Å². The number of rotatable bonds is 12. The van der Waals surface area contributed by atoms with E-state index >= 15 is 4.39 Å². The van der Waals surface area contributed by atoms with E-state index in [4.69, 9.17) is 0 Å². The molecule has 0 saturated carbocycles. The summed E-state index contributed by atoms with van der Waals surface area (Å²) in [5.74, 6) is -1.21. The molecule has 0 amide bonds. The van der Waals surface area contributed by atoms with Gasteiger partial charge in [0.15, 0.2) is 5.65 Å². The molecule has 0 radical (unpaired) electrons. The number of nitriles is 1. The number of nitrogens with zero attached hydrogens (tertiary/aromatic N) is 12. The van der Waals surface area contributed by atoms with Gasteiger partial charge < -0.3 is 4.98 Å². The number of sulfonamides is 2. The van der Waals surface area contributed by atoms with Crippen molar-refractivity contribution >= 4 is 48.0 Å². The largest absolute Gasteiger partial charge is 0.346 e. The van der Waals surface area contributed by atoms with E-state index in [9.17, 15) is 26.9 Å². The Hall–Kier alpha value is -6.99. The summed E-state index contributed by atoms with van der Waals surface area (Å²) in [6, 6.07) is 20.0. The van der Waals surface area contributed by atoms with Crippen LogP contribution in [0.4, 0.5) is 4.39 Å². The molecule has 0 bridgehead atoms. The van der Waals surface area contributed by atoms with Crippen molar-refractivity contribution in [3.8, 4) is 39.7 Å². The summed E-state index contributed by atoms with van der Waals surface area (Å²) < 4.78 is 71.0. The van der Waals surface area contributed by atoms with Crippen molar-refractivity contribution in [2.75, 3.05) is 37.7 Å². The molecule has 8 aromatic rings. The lowest BCUT2D eigenvalue weighted by Gasteiger charge is -2.47. The van der Waals surface area contributed by atoms with Gasteiger partial charge in [0.05, 0.1) is 59.7 Å². The molecule has 10 rings (SSSR count). The third-order valence-electron chi connectivity index (χ3n) is 12.3. The molecule has 0 aliphatic carbocycles. The Bertz CT molecular complexity index is 3370. The Labute approximate surface area is 379 Å². The first kappa shape index (κ1) is 44.2. The minimum atomic E-state index is -3.38. The molecule has 2 saturated heterocycles. The third kappa shape index (κ3) is 8.05. The molecule has 21 heteroatoms. The number of nitrogens with one attached hydrogen (secondary N) is 1. The number of halogens is 1. The second-order valence-corrected chi connectivity index (χ2v) is 20.8. The number of aromatic amines is 1. The average molecular weight is 930 g/mol. The molecule has 66 heavy (non-hydrogen) atoms. The van der Waals surface area contributed by atoms with Crippen LogP contribution in [0.3, 0.4) is 0 Å². The molecule has 2 aromatic carbocycles. The van der Waals surface area contributed by atoms with E-state index in [0.29, 0.717) is 46.5 Å². The average Bonchev–Trinajstić information content (AvgIpc) is 4.14. The summed E-state index contributed by atoms with van der Waals surface area (Å²) >= 11 is 0. The van der Waals surface area contributed by atoms with Gasteiger partial charge in [-0.3, -0.25) is 18.7 Å². The Morgan fingerprint density at radius 3 is 2.24 bits per heavy atom. The van der Waals surface area contributed by atoms with E-state index in [1.54, 1.807) is 68.4 Å². The minimum absolute atomic E-state index is 0.0127. The van der Waals surface area contributed by atoms with E-state index in [1.807, 2.05) is 53.5 Å². The van der Waals surface area contributed by atoms with E-state index < -0.39 is 37.3 Å². The second kappa shape index (κ2) is 17.4. The van der Waals surface area contributed by atoms with Crippen LogP contribution in [0.2, 0.25) is 0 Å². The van der Waals surface area contributed by atoms with Gasteiger partial charge in [-0.1, -0.05) is 42.5 Å². The number of benzene rings is 2. The summed E-state index contributed by atoms with van der Waals surface area (Å²) in [5.41, 5.74) is 5.06. The number of H-pyrrole nitrogens is 1. The van der Waals surface area contributed by atoms with Crippen LogP contribution in [0.25, 0.3) is 55.7 Å². The molecule has 2 aliphatic rings. The van der Waals surface area contributed by atoms with Gasteiger partial charge in [0.25, 0.3) is 0 Å². The fraction of sp³-hybridized carbons (Fsp3) is 0.289. The third-order valence-corrected chi connectivity index (χ3v) is 15.9. The van der Waals surface area contributed by atoms with Crippen molar-refractivity contribution in [1.82, 2.24) is 57.7 Å². The molecule has 338 valence electrons. The number of aromatic nitrogens is 10. The normalized spacial score (nSPS) is 16.0. The van der Waals surface area contributed by atoms with Crippen LogP contribution in [-0.4, -0.2) is 118 Å². The topological polar surface area (TPSA) is 224 Å². The zero-order chi connectivity index (χ0) is 46.4. The lowest BCUT2D eigenvalue weighted by molar-refractivity contribution is 0.0719. The van der Waals surface area contributed by atoms with Crippen molar-refractivity contribution in [3.63, 3.8) is 0 Å². The van der Waals surface area contributed by atoms with Crippen molar-refractivity contribution in [1.29, 1.82) is 5.26 Å². The van der Waals surface area contributed by atoms with Crippen LogP contribution < -0.4 is 0 Å². The maximum Gasteiger partial charge on any atom is 0.239 e. The molecule has 1 N–H and O–H groups in total. The molecular formula is C45H44FN13O5S2. The summed E-state index contributed by atoms with van der Waals surface area (Å²) in [4.78, 5) is 34.0. The van der Waals surface area contributed by atoms with Crippen LogP contribution in [0, 0.1) is 17.1 Å². The van der Waals surface area contributed by atoms with Gasteiger partial charge in [0, 0.05) is 78.4 Å². The van der Waals surface area contributed by atoms with Gasteiger partial charge in [0.1, 0.15) is 29.7 Å². The van der Waals surface area contributed by atoms with Gasteiger partial charge in [-0.15, -0.1) is 0 Å². The fourth-order valence-electron chi connectivity index (χ4n) is 8.30. The summed E-state index contributed by atoms with van der Waals surface area (Å²) in [5, 5.41) is 19.9. The first-order valence-corrected chi connectivity index (χ1v) is 24.4. The maximum absolute atomic E-state index is 15.1. The first-order chi connectivity index (χ1) is 31.8. The molecular weight excluding hydrogens is 886 g/mol. The first-order valence-electron chi connectivity index (χ1n) is 21.2. The predicted octanol–water partition coefficient (Wildman–Crippen LogP) is 5.85. The van der Waals surface area contributed by atoms with E-state index in [0.717, 1.165) is 27.9 Å². The van der Waals surface area contributed by atoms with Crippen LogP contribution in [-0.2, 0) is 25.6 Å². The Morgan fingerprint density at radius 1 is 0.848 bits per heavy atom. The molecule has 2 fully saturated rings. The monoisotopic (exact) mass is 929 g/mol. The zero-order valence-electron chi connectivity index (χ0n) is 36.1. The van der Waals surface area contributed by atoms with Gasteiger partial charge in [-0.2, -0.15) is 24.1 Å². The minimum Gasteiger partial charge on any atom is -0.346 e. The number of hydrogen-bond donors (Lipinski definition) is 1. The smallest absolute Gasteiger partial charge is 0.239 e. The van der Waals surface area contributed by atoms with Crippen molar-refractivity contribution < 1.29 is 26.0 Å². The highest BCUT2D eigenvalue weighted by molar-refractivity contribution is 7.89. The lowest BCUT2D eigenvalue weighted by atomic mass is 9.89. The highest BCUT2D eigenvalue weighted by Gasteiger charge is 2.50.